The van der Waals surface area contributed by atoms with Gasteiger partial charge in [-0.15, -0.1) is 0 Å². The number of benzene rings is 8. The minimum absolute atomic E-state index is 0.880. The van der Waals surface area contributed by atoms with Gasteiger partial charge in [0.2, 0.25) is 0 Å². The van der Waals surface area contributed by atoms with Crippen LogP contribution >= 0.6 is 0 Å². The fourth-order valence-corrected chi connectivity index (χ4v) is 9.14. The van der Waals surface area contributed by atoms with E-state index in [0.717, 1.165) is 33.6 Å². The third kappa shape index (κ3) is 3.79. The van der Waals surface area contributed by atoms with Crippen molar-refractivity contribution in [3.63, 3.8) is 0 Å². The molecule has 12 rings (SSSR count). The number of aryl methyl sites for hydroxylation is 1. The zero-order chi connectivity index (χ0) is 34.8. The molecule has 0 amide bonds. The summed E-state index contributed by atoms with van der Waals surface area (Å²) in [5, 5.41) is 11.2. The molecule has 0 aliphatic heterocycles. The van der Waals surface area contributed by atoms with Crippen LogP contribution in [0.4, 0.5) is 0 Å². The normalized spacial score (nSPS) is 12.2. The van der Waals surface area contributed by atoms with E-state index in [1.807, 2.05) is 0 Å². The number of hydrogen-bond acceptors (Lipinski definition) is 1. The number of hydrogen-bond donors (Lipinski definition) is 0. The fraction of sp³-hybridized carbons (Fsp3) is 0.0204. The summed E-state index contributed by atoms with van der Waals surface area (Å²) in [6.45, 7) is 0. The van der Waals surface area contributed by atoms with E-state index in [1.54, 1.807) is 0 Å². The maximum atomic E-state index is 5.65. The van der Waals surface area contributed by atoms with Crippen LogP contribution in [0, 0.1) is 0 Å². The van der Waals surface area contributed by atoms with E-state index in [1.165, 1.54) is 76.3 Å². The Bertz CT molecular complexity index is 3440. The van der Waals surface area contributed by atoms with E-state index in [4.69, 9.17) is 4.98 Å². The summed E-state index contributed by atoms with van der Waals surface area (Å²) in [7, 11) is 2.16. The van der Waals surface area contributed by atoms with E-state index < -0.39 is 0 Å². The van der Waals surface area contributed by atoms with Crippen molar-refractivity contribution in [2.75, 3.05) is 0 Å². The Morgan fingerprint density at radius 3 is 1.89 bits per heavy atom. The van der Waals surface area contributed by atoms with Crippen molar-refractivity contribution in [2.45, 2.75) is 0 Å². The van der Waals surface area contributed by atoms with Gasteiger partial charge in [0.15, 0.2) is 5.69 Å². The second-order valence-corrected chi connectivity index (χ2v) is 14.2. The lowest BCUT2D eigenvalue weighted by Crippen LogP contribution is -2.36. The summed E-state index contributed by atoms with van der Waals surface area (Å²) in [6.07, 6.45) is 0. The van der Waals surface area contributed by atoms with E-state index in [2.05, 4.69) is 190 Å². The first-order chi connectivity index (χ1) is 26.2. The lowest BCUT2D eigenvalue weighted by molar-refractivity contribution is -0.641. The molecule has 4 heterocycles. The molecule has 12 aromatic rings. The molecule has 4 nitrogen and oxygen atoms in total. The predicted molar refractivity (Wildman–Crippen MR) is 220 cm³/mol. The third-order valence-corrected chi connectivity index (χ3v) is 11.5. The molecule has 0 saturated heterocycles. The van der Waals surface area contributed by atoms with Crippen molar-refractivity contribution >= 4 is 81.6 Å². The second-order valence-electron chi connectivity index (χ2n) is 14.2. The van der Waals surface area contributed by atoms with Crippen LogP contribution in [0.3, 0.4) is 0 Å². The number of fused-ring (bicyclic) bond motifs is 13. The number of aromatic nitrogens is 4. The Labute approximate surface area is 304 Å². The van der Waals surface area contributed by atoms with Crippen LogP contribution < -0.4 is 4.57 Å². The van der Waals surface area contributed by atoms with Crippen LogP contribution in [-0.2, 0) is 7.05 Å². The zero-order valence-electron chi connectivity index (χ0n) is 29.0. The molecule has 0 atom stereocenters. The van der Waals surface area contributed by atoms with Gasteiger partial charge in [0.05, 0.1) is 29.0 Å². The molecule has 0 aliphatic carbocycles. The van der Waals surface area contributed by atoms with E-state index in [0.29, 0.717) is 0 Å². The van der Waals surface area contributed by atoms with E-state index >= 15 is 0 Å². The standard InChI is InChI=1S/C49H31N4/c1-51-41-20-10-9-19-38(41)45(33-25-23-31(24-26-33)30-13-3-2-4-14-30)50-49(51)53-42-21-11-7-17-35(42)39-29-40-36-28-27-32-15-5-6-16-34(32)46(36)52-43-22-12-8-18-37(43)44(47(40)52)48(39)53/h2-29H,1H3/q+1. The predicted octanol–water partition coefficient (Wildman–Crippen LogP) is 11.8. The summed E-state index contributed by atoms with van der Waals surface area (Å²) < 4.78 is 7.21. The van der Waals surface area contributed by atoms with Crippen molar-refractivity contribution in [2.24, 2.45) is 7.05 Å². The van der Waals surface area contributed by atoms with Gasteiger partial charge in [0.25, 0.3) is 0 Å². The zero-order valence-corrected chi connectivity index (χ0v) is 29.0. The molecule has 4 aromatic heterocycles. The molecule has 246 valence electrons. The fourth-order valence-electron chi connectivity index (χ4n) is 9.14. The molecule has 0 aliphatic rings. The topological polar surface area (TPSA) is 26.1 Å². The first kappa shape index (κ1) is 28.6. The monoisotopic (exact) mass is 675 g/mol. The van der Waals surface area contributed by atoms with Gasteiger partial charge in [0, 0.05) is 43.3 Å². The van der Waals surface area contributed by atoms with Crippen LogP contribution in [0.5, 0.6) is 0 Å². The van der Waals surface area contributed by atoms with Crippen LogP contribution in [-0.4, -0.2) is 14.0 Å². The number of nitrogens with zero attached hydrogens (tertiary/aromatic N) is 4. The van der Waals surface area contributed by atoms with Crippen LogP contribution in [0.2, 0.25) is 0 Å². The molecule has 0 spiro atoms. The van der Waals surface area contributed by atoms with Gasteiger partial charge in [-0.1, -0.05) is 145 Å². The van der Waals surface area contributed by atoms with Crippen LogP contribution in [0.1, 0.15) is 0 Å². The molecule has 0 saturated carbocycles. The SMILES string of the molecule is C[n+]1c(-n2c3ccccc3c3cc4c5ccc6ccccc6c5n5c6ccccc6c(c32)c45)nc(-c2ccc(-c3ccccc3)cc2)c2ccccc21. The average molecular weight is 676 g/mol. The summed E-state index contributed by atoms with van der Waals surface area (Å²) in [5.74, 6) is 0.880. The summed E-state index contributed by atoms with van der Waals surface area (Å²) >= 11 is 0. The highest BCUT2D eigenvalue weighted by atomic mass is 15.2. The van der Waals surface area contributed by atoms with Crippen molar-refractivity contribution in [1.29, 1.82) is 0 Å². The Morgan fingerprint density at radius 2 is 1.06 bits per heavy atom. The highest BCUT2D eigenvalue weighted by molar-refractivity contribution is 6.35. The first-order valence-electron chi connectivity index (χ1n) is 18.2. The lowest BCUT2D eigenvalue weighted by Gasteiger charge is -2.11. The molecule has 53 heavy (non-hydrogen) atoms. The average Bonchev–Trinajstić information content (AvgIpc) is 3.86. The highest BCUT2D eigenvalue weighted by Crippen LogP contribution is 2.47. The van der Waals surface area contributed by atoms with Crippen LogP contribution in [0.25, 0.3) is 110 Å². The molecule has 0 unspecified atom stereocenters. The van der Waals surface area contributed by atoms with Crippen molar-refractivity contribution in [3.05, 3.63) is 170 Å². The number of para-hydroxylation sites is 3. The maximum Gasteiger partial charge on any atom is 0.404 e. The molecule has 0 radical (unpaired) electrons. The smallest absolute Gasteiger partial charge is 0.307 e. The van der Waals surface area contributed by atoms with Gasteiger partial charge in [-0.25, -0.2) is 4.57 Å². The Hall–Kier alpha value is -7.04. The molecular formula is C49H31N4+. The highest BCUT2D eigenvalue weighted by Gasteiger charge is 2.30. The van der Waals surface area contributed by atoms with Crippen molar-refractivity contribution in [1.82, 2.24) is 14.0 Å². The van der Waals surface area contributed by atoms with Crippen molar-refractivity contribution in [3.8, 4) is 28.3 Å². The van der Waals surface area contributed by atoms with E-state index in [9.17, 15) is 0 Å². The lowest BCUT2D eigenvalue weighted by atomic mass is 10.0. The molecular weight excluding hydrogens is 645 g/mol. The Kier molecular flexibility index (Phi) is 5.67. The summed E-state index contributed by atoms with van der Waals surface area (Å²) in [6, 6.07) is 61.6. The molecule has 4 heteroatoms. The minimum Gasteiger partial charge on any atom is -0.307 e. The Balaban J connectivity index is 1.24. The van der Waals surface area contributed by atoms with Gasteiger partial charge in [0.1, 0.15) is 16.6 Å². The Morgan fingerprint density at radius 1 is 0.434 bits per heavy atom. The van der Waals surface area contributed by atoms with Gasteiger partial charge in [-0.05, 0) is 46.8 Å². The summed E-state index contributed by atoms with van der Waals surface area (Å²) in [5.41, 5.74) is 11.7. The van der Waals surface area contributed by atoms with Gasteiger partial charge >= 0.3 is 5.95 Å². The van der Waals surface area contributed by atoms with E-state index in [-0.39, 0.29) is 0 Å². The van der Waals surface area contributed by atoms with Gasteiger partial charge in [-0.2, -0.15) is 4.57 Å². The maximum absolute atomic E-state index is 5.65. The molecule has 0 bridgehead atoms. The second kappa shape index (κ2) is 10.5. The quantitative estimate of drug-likeness (QED) is 0.171. The summed E-state index contributed by atoms with van der Waals surface area (Å²) in [4.78, 5) is 5.65. The largest absolute Gasteiger partial charge is 0.404 e. The molecule has 8 aromatic carbocycles. The first-order valence-corrected chi connectivity index (χ1v) is 18.2. The number of rotatable bonds is 3. The van der Waals surface area contributed by atoms with Crippen molar-refractivity contribution < 1.29 is 4.57 Å². The van der Waals surface area contributed by atoms with Gasteiger partial charge < -0.3 is 4.40 Å². The molecule has 0 fully saturated rings. The minimum atomic E-state index is 0.880. The van der Waals surface area contributed by atoms with Crippen LogP contribution in [0.15, 0.2) is 170 Å². The third-order valence-electron chi connectivity index (χ3n) is 11.5. The molecule has 0 N–H and O–H groups in total. The van der Waals surface area contributed by atoms with Gasteiger partial charge in [-0.3, -0.25) is 0 Å².